The van der Waals surface area contributed by atoms with E-state index in [1.54, 1.807) is 6.07 Å². The highest BCUT2D eigenvalue weighted by Crippen LogP contribution is 2.07. The Bertz CT molecular complexity index is 340. The second kappa shape index (κ2) is 6.02. The summed E-state index contributed by atoms with van der Waals surface area (Å²) in [7, 11) is 3.13. The zero-order valence-electron chi connectivity index (χ0n) is 9.56. The van der Waals surface area contributed by atoms with Gasteiger partial charge in [0, 0.05) is 12.6 Å². The molecule has 1 aromatic rings. The Balaban J connectivity index is 2.61. The smallest absolute Gasteiger partial charge is 0.358 e. The molecule has 6 heteroatoms. The van der Waals surface area contributed by atoms with E-state index < -0.39 is 5.97 Å². The maximum atomic E-state index is 11.1. The number of ether oxygens (including phenoxy) is 2. The molecule has 88 valence electrons. The molecule has 1 aromatic heterocycles. The Morgan fingerprint density at radius 2 is 2.25 bits per heavy atom. The van der Waals surface area contributed by atoms with Gasteiger partial charge in [0.2, 0.25) is 5.88 Å². The van der Waals surface area contributed by atoms with Gasteiger partial charge in [-0.2, -0.15) is 0 Å². The van der Waals surface area contributed by atoms with Crippen molar-refractivity contribution in [2.45, 2.75) is 13.0 Å². The van der Waals surface area contributed by atoms with E-state index in [4.69, 9.17) is 4.74 Å². The van der Waals surface area contributed by atoms with E-state index in [0.29, 0.717) is 12.4 Å². The summed E-state index contributed by atoms with van der Waals surface area (Å²) in [4.78, 5) is 11.1. The molecule has 16 heavy (non-hydrogen) atoms. The minimum atomic E-state index is -0.512. The van der Waals surface area contributed by atoms with Gasteiger partial charge in [-0.25, -0.2) is 4.79 Å². The minimum Gasteiger partial charge on any atom is -0.472 e. The molecule has 0 saturated heterocycles. The molecule has 1 heterocycles. The minimum absolute atomic E-state index is 0.0109. The molecule has 1 N–H and O–H groups in total. The van der Waals surface area contributed by atoms with E-state index in [1.165, 1.54) is 13.2 Å². The van der Waals surface area contributed by atoms with Crippen LogP contribution in [0.25, 0.3) is 0 Å². The van der Waals surface area contributed by atoms with Crippen molar-refractivity contribution in [2.75, 3.05) is 20.7 Å². The topological polar surface area (TPSA) is 73.3 Å². The predicted molar refractivity (Wildman–Crippen MR) is 57.4 cm³/mol. The van der Waals surface area contributed by atoms with Gasteiger partial charge >= 0.3 is 5.97 Å². The Kier molecular flexibility index (Phi) is 4.65. The van der Waals surface area contributed by atoms with E-state index in [-0.39, 0.29) is 11.8 Å². The Morgan fingerprint density at radius 1 is 1.50 bits per heavy atom. The summed E-state index contributed by atoms with van der Waals surface area (Å²) >= 11 is 0. The number of nitrogens with zero attached hydrogens (tertiary/aromatic N) is 2. The molecule has 0 bridgehead atoms. The quantitative estimate of drug-likeness (QED) is 0.724. The van der Waals surface area contributed by atoms with E-state index >= 15 is 0 Å². The molecule has 0 radical (unpaired) electrons. The number of esters is 1. The first kappa shape index (κ1) is 12.4. The van der Waals surface area contributed by atoms with E-state index in [0.717, 1.165) is 0 Å². The lowest BCUT2D eigenvalue weighted by molar-refractivity contribution is 0.0592. The highest BCUT2D eigenvalue weighted by Gasteiger charge is 2.09. The molecular weight excluding hydrogens is 210 g/mol. The second-order valence-electron chi connectivity index (χ2n) is 3.23. The van der Waals surface area contributed by atoms with Gasteiger partial charge in [-0.05, 0) is 20.0 Å². The Morgan fingerprint density at radius 3 is 2.75 bits per heavy atom. The molecule has 0 aliphatic carbocycles. The number of nitrogens with one attached hydrogen (secondary N) is 1. The third-order valence-corrected chi connectivity index (χ3v) is 1.85. The van der Waals surface area contributed by atoms with Crippen LogP contribution in [0.15, 0.2) is 12.1 Å². The van der Waals surface area contributed by atoms with Crippen LogP contribution in [0.1, 0.15) is 17.4 Å². The van der Waals surface area contributed by atoms with Crippen LogP contribution in [-0.2, 0) is 4.74 Å². The fraction of sp³-hybridized carbons (Fsp3) is 0.500. The number of hydrogen-bond donors (Lipinski definition) is 1. The summed E-state index contributed by atoms with van der Waals surface area (Å²) in [5.74, 6) is -0.127. The molecule has 1 rings (SSSR count). The van der Waals surface area contributed by atoms with Gasteiger partial charge < -0.3 is 14.8 Å². The maximum absolute atomic E-state index is 11.1. The van der Waals surface area contributed by atoms with Crippen molar-refractivity contribution in [1.82, 2.24) is 15.5 Å². The summed E-state index contributed by atoms with van der Waals surface area (Å²) in [5.41, 5.74) is 0.163. The number of methoxy groups -OCH3 is 1. The van der Waals surface area contributed by atoms with Crippen molar-refractivity contribution < 1.29 is 14.3 Å². The largest absolute Gasteiger partial charge is 0.472 e. The molecule has 0 fully saturated rings. The normalized spacial score (nSPS) is 11.9. The number of rotatable bonds is 5. The fourth-order valence-corrected chi connectivity index (χ4v) is 1.13. The van der Waals surface area contributed by atoms with Crippen molar-refractivity contribution in [3.63, 3.8) is 0 Å². The van der Waals surface area contributed by atoms with Gasteiger partial charge in [-0.15, -0.1) is 10.2 Å². The lowest BCUT2D eigenvalue weighted by Gasteiger charge is -2.12. The number of carbonyl (C=O) groups excluding carboxylic acids is 1. The standard InChI is InChI=1S/C10H15N3O3/c1-7(6-11-2)16-9-5-4-8(12-13-9)10(14)15-3/h4-5,7,11H,6H2,1-3H3. The molecule has 0 amide bonds. The number of carbonyl (C=O) groups is 1. The van der Waals surface area contributed by atoms with Crippen LogP contribution in [0.3, 0.4) is 0 Å². The lowest BCUT2D eigenvalue weighted by atomic mass is 10.4. The van der Waals surface area contributed by atoms with E-state index in [9.17, 15) is 4.79 Å². The average Bonchev–Trinajstić information content (AvgIpc) is 2.29. The molecular formula is C10H15N3O3. The summed E-state index contributed by atoms with van der Waals surface area (Å²) in [6, 6.07) is 3.10. The van der Waals surface area contributed by atoms with Crippen molar-refractivity contribution in [1.29, 1.82) is 0 Å². The first-order chi connectivity index (χ1) is 7.67. The summed E-state index contributed by atoms with van der Waals surface area (Å²) < 4.78 is 9.94. The summed E-state index contributed by atoms with van der Waals surface area (Å²) in [6.45, 7) is 2.62. The Labute approximate surface area is 94.0 Å². The van der Waals surface area contributed by atoms with Crippen LogP contribution < -0.4 is 10.1 Å². The molecule has 0 aliphatic heterocycles. The third kappa shape index (κ3) is 3.47. The maximum Gasteiger partial charge on any atom is 0.358 e. The predicted octanol–water partition coefficient (Wildman–Crippen LogP) is 0.250. The van der Waals surface area contributed by atoms with Crippen molar-refractivity contribution >= 4 is 5.97 Å². The SMILES string of the molecule is CNCC(C)Oc1ccc(C(=O)OC)nn1. The first-order valence-electron chi connectivity index (χ1n) is 4.90. The van der Waals surface area contributed by atoms with Crippen LogP contribution >= 0.6 is 0 Å². The van der Waals surface area contributed by atoms with Gasteiger partial charge in [0.15, 0.2) is 5.69 Å². The van der Waals surface area contributed by atoms with Crippen molar-refractivity contribution in [2.24, 2.45) is 0 Å². The summed E-state index contributed by atoms with van der Waals surface area (Å²) in [5, 5.41) is 10.4. The first-order valence-corrected chi connectivity index (χ1v) is 4.90. The molecule has 1 atom stereocenters. The monoisotopic (exact) mass is 225 g/mol. The van der Waals surface area contributed by atoms with Crippen LogP contribution in [0.2, 0.25) is 0 Å². The number of likely N-dealkylation sites (N-methyl/N-ethyl adjacent to an activating group) is 1. The van der Waals surface area contributed by atoms with Crippen molar-refractivity contribution in [3.8, 4) is 5.88 Å². The van der Waals surface area contributed by atoms with Gasteiger partial charge in [0.25, 0.3) is 0 Å². The number of aromatic nitrogens is 2. The molecule has 0 spiro atoms. The zero-order valence-corrected chi connectivity index (χ0v) is 9.56. The molecule has 0 aliphatic rings. The van der Waals surface area contributed by atoms with E-state index in [1.807, 2.05) is 14.0 Å². The van der Waals surface area contributed by atoms with Crippen LogP contribution in [-0.4, -0.2) is 43.0 Å². The summed E-state index contributed by atoms with van der Waals surface area (Å²) in [6.07, 6.45) is -0.0109. The zero-order chi connectivity index (χ0) is 12.0. The number of hydrogen-bond acceptors (Lipinski definition) is 6. The van der Waals surface area contributed by atoms with Crippen LogP contribution in [0.4, 0.5) is 0 Å². The molecule has 0 saturated carbocycles. The van der Waals surface area contributed by atoms with Gasteiger partial charge in [0.05, 0.1) is 7.11 Å². The molecule has 6 nitrogen and oxygen atoms in total. The molecule has 1 unspecified atom stereocenters. The van der Waals surface area contributed by atoms with Gasteiger partial charge in [-0.1, -0.05) is 0 Å². The third-order valence-electron chi connectivity index (χ3n) is 1.85. The lowest BCUT2D eigenvalue weighted by Crippen LogP contribution is -2.26. The van der Waals surface area contributed by atoms with Crippen LogP contribution in [0.5, 0.6) is 5.88 Å². The highest BCUT2D eigenvalue weighted by molar-refractivity contribution is 5.86. The van der Waals surface area contributed by atoms with Gasteiger partial charge in [0.1, 0.15) is 6.10 Å². The average molecular weight is 225 g/mol. The van der Waals surface area contributed by atoms with Gasteiger partial charge in [-0.3, -0.25) is 0 Å². The van der Waals surface area contributed by atoms with Crippen LogP contribution in [0, 0.1) is 0 Å². The fourth-order valence-electron chi connectivity index (χ4n) is 1.13. The second-order valence-corrected chi connectivity index (χ2v) is 3.23. The highest BCUT2D eigenvalue weighted by atomic mass is 16.5. The van der Waals surface area contributed by atoms with Crippen molar-refractivity contribution in [3.05, 3.63) is 17.8 Å². The van der Waals surface area contributed by atoms with E-state index in [2.05, 4.69) is 20.3 Å². The molecule has 0 aromatic carbocycles. The Hall–Kier alpha value is -1.69.